The van der Waals surface area contributed by atoms with Gasteiger partial charge in [-0.05, 0) is 47.2 Å². The van der Waals surface area contributed by atoms with Gasteiger partial charge in [0.15, 0.2) is 0 Å². The Balaban J connectivity index is 1.53. The van der Waals surface area contributed by atoms with Crippen LogP contribution in [-0.4, -0.2) is 10.9 Å². The van der Waals surface area contributed by atoms with Crippen molar-refractivity contribution in [3.63, 3.8) is 0 Å². The molecule has 5 nitrogen and oxygen atoms in total. The van der Waals surface area contributed by atoms with Crippen molar-refractivity contribution in [3.05, 3.63) is 107 Å². The second-order valence-electron chi connectivity index (χ2n) is 6.89. The minimum atomic E-state index is -0.466. The SMILES string of the molecule is O=C(Nc1ccccc1-c1nc2ccccc2c(=O)o1)c1ccc2ccccc2c1. The zero-order valence-corrected chi connectivity index (χ0v) is 15.8. The number of para-hydroxylation sites is 2. The van der Waals surface area contributed by atoms with Crippen molar-refractivity contribution in [3.8, 4) is 11.5 Å². The first-order chi connectivity index (χ1) is 14.7. The van der Waals surface area contributed by atoms with Crippen LogP contribution in [0.2, 0.25) is 0 Å². The summed E-state index contributed by atoms with van der Waals surface area (Å²) in [5, 5.41) is 5.39. The van der Waals surface area contributed by atoms with E-state index in [9.17, 15) is 9.59 Å². The van der Waals surface area contributed by atoms with E-state index in [1.54, 1.807) is 48.5 Å². The average molecular weight is 392 g/mol. The van der Waals surface area contributed by atoms with Gasteiger partial charge in [0.25, 0.3) is 5.91 Å². The Labute approximate surface area is 171 Å². The molecule has 0 aliphatic rings. The van der Waals surface area contributed by atoms with E-state index >= 15 is 0 Å². The molecule has 0 fully saturated rings. The number of aromatic nitrogens is 1. The number of benzene rings is 4. The van der Waals surface area contributed by atoms with Crippen molar-refractivity contribution in [1.29, 1.82) is 0 Å². The molecule has 0 bridgehead atoms. The third-order valence-electron chi connectivity index (χ3n) is 4.95. The number of nitrogens with one attached hydrogen (secondary N) is 1. The molecule has 0 unspecified atom stereocenters. The number of hydrogen-bond acceptors (Lipinski definition) is 4. The molecular weight excluding hydrogens is 376 g/mol. The summed E-state index contributed by atoms with van der Waals surface area (Å²) in [4.78, 5) is 29.7. The molecule has 0 spiro atoms. The first-order valence-corrected chi connectivity index (χ1v) is 9.48. The smallest absolute Gasteiger partial charge is 0.347 e. The predicted octanol–water partition coefficient (Wildman–Crippen LogP) is 5.26. The molecule has 1 N–H and O–H groups in total. The second-order valence-corrected chi connectivity index (χ2v) is 6.89. The van der Waals surface area contributed by atoms with Gasteiger partial charge in [0.2, 0.25) is 5.89 Å². The van der Waals surface area contributed by atoms with Crippen molar-refractivity contribution < 1.29 is 9.21 Å². The number of carbonyl (C=O) groups is 1. The van der Waals surface area contributed by atoms with Gasteiger partial charge in [-0.1, -0.05) is 54.6 Å². The Kier molecular flexibility index (Phi) is 4.33. The number of rotatable bonds is 3. The van der Waals surface area contributed by atoms with Gasteiger partial charge < -0.3 is 9.73 Å². The highest BCUT2D eigenvalue weighted by molar-refractivity contribution is 6.07. The molecule has 5 heteroatoms. The van der Waals surface area contributed by atoms with Crippen molar-refractivity contribution in [2.24, 2.45) is 0 Å². The lowest BCUT2D eigenvalue weighted by Gasteiger charge is -2.11. The molecule has 5 rings (SSSR count). The highest BCUT2D eigenvalue weighted by Crippen LogP contribution is 2.27. The summed E-state index contributed by atoms with van der Waals surface area (Å²) in [5.74, 6) is -0.0931. The molecule has 1 heterocycles. The van der Waals surface area contributed by atoms with E-state index < -0.39 is 5.63 Å². The molecule has 1 amide bonds. The van der Waals surface area contributed by atoms with Crippen LogP contribution in [0.1, 0.15) is 10.4 Å². The zero-order valence-electron chi connectivity index (χ0n) is 15.8. The summed E-state index contributed by atoms with van der Waals surface area (Å²) in [6.07, 6.45) is 0. The largest absolute Gasteiger partial charge is 0.403 e. The van der Waals surface area contributed by atoms with Gasteiger partial charge in [-0.25, -0.2) is 9.78 Å². The highest BCUT2D eigenvalue weighted by atomic mass is 16.4. The van der Waals surface area contributed by atoms with Crippen molar-refractivity contribution in [1.82, 2.24) is 4.98 Å². The number of anilines is 1. The summed E-state index contributed by atoms with van der Waals surface area (Å²) in [6.45, 7) is 0. The Morgan fingerprint density at radius 1 is 0.800 bits per heavy atom. The van der Waals surface area contributed by atoms with Crippen LogP contribution in [0.25, 0.3) is 33.1 Å². The molecule has 1 aromatic heterocycles. The maximum absolute atomic E-state index is 12.9. The zero-order chi connectivity index (χ0) is 20.5. The number of hydrogen-bond donors (Lipinski definition) is 1. The van der Waals surface area contributed by atoms with E-state index in [1.807, 2.05) is 42.5 Å². The lowest BCUT2D eigenvalue weighted by atomic mass is 10.1. The van der Waals surface area contributed by atoms with E-state index in [1.165, 1.54) is 0 Å². The summed E-state index contributed by atoms with van der Waals surface area (Å²) in [5.41, 5.74) is 1.66. The van der Waals surface area contributed by atoms with Gasteiger partial charge in [-0.3, -0.25) is 4.79 Å². The molecule has 5 aromatic rings. The highest BCUT2D eigenvalue weighted by Gasteiger charge is 2.15. The lowest BCUT2D eigenvalue weighted by molar-refractivity contribution is 0.102. The van der Waals surface area contributed by atoms with Gasteiger partial charge in [-0.15, -0.1) is 0 Å². The Bertz CT molecular complexity index is 1470. The first kappa shape index (κ1) is 17.8. The van der Waals surface area contributed by atoms with Crippen LogP contribution in [0.3, 0.4) is 0 Å². The third kappa shape index (κ3) is 3.22. The van der Waals surface area contributed by atoms with Crippen LogP contribution in [0, 0.1) is 0 Å². The second kappa shape index (κ2) is 7.29. The molecule has 144 valence electrons. The Hall–Kier alpha value is -4.25. The quantitative estimate of drug-likeness (QED) is 0.455. The number of amides is 1. The normalized spacial score (nSPS) is 10.9. The fourth-order valence-electron chi connectivity index (χ4n) is 3.44. The summed E-state index contributed by atoms with van der Waals surface area (Å²) < 4.78 is 5.44. The van der Waals surface area contributed by atoms with Crippen LogP contribution < -0.4 is 10.9 Å². The number of fused-ring (bicyclic) bond motifs is 2. The van der Waals surface area contributed by atoms with Gasteiger partial charge in [0, 0.05) is 5.56 Å². The van der Waals surface area contributed by atoms with Crippen LogP contribution >= 0.6 is 0 Å². The molecule has 0 radical (unpaired) electrons. The van der Waals surface area contributed by atoms with E-state index in [-0.39, 0.29) is 11.8 Å². The van der Waals surface area contributed by atoms with E-state index in [2.05, 4.69) is 10.3 Å². The van der Waals surface area contributed by atoms with Crippen molar-refractivity contribution in [2.45, 2.75) is 0 Å². The molecule has 0 atom stereocenters. The van der Waals surface area contributed by atoms with Gasteiger partial charge in [0.05, 0.1) is 22.2 Å². The molecule has 30 heavy (non-hydrogen) atoms. The maximum Gasteiger partial charge on any atom is 0.347 e. The van der Waals surface area contributed by atoms with E-state index in [0.29, 0.717) is 27.7 Å². The Morgan fingerprint density at radius 3 is 2.43 bits per heavy atom. The third-order valence-corrected chi connectivity index (χ3v) is 4.95. The van der Waals surface area contributed by atoms with E-state index in [4.69, 9.17) is 4.42 Å². The van der Waals surface area contributed by atoms with Gasteiger partial charge in [-0.2, -0.15) is 0 Å². The van der Waals surface area contributed by atoms with Crippen LogP contribution in [0.15, 0.2) is 100 Å². The molecule has 4 aromatic carbocycles. The Morgan fingerprint density at radius 2 is 1.53 bits per heavy atom. The van der Waals surface area contributed by atoms with Gasteiger partial charge in [0.1, 0.15) is 0 Å². The molecule has 0 aliphatic heterocycles. The van der Waals surface area contributed by atoms with Crippen molar-refractivity contribution in [2.75, 3.05) is 5.32 Å². The molecule has 0 saturated carbocycles. The lowest BCUT2D eigenvalue weighted by Crippen LogP contribution is -2.13. The minimum absolute atomic E-state index is 0.160. The average Bonchev–Trinajstić information content (AvgIpc) is 2.79. The van der Waals surface area contributed by atoms with Crippen molar-refractivity contribution >= 4 is 33.3 Å². The number of nitrogens with zero attached hydrogens (tertiary/aromatic N) is 1. The van der Waals surface area contributed by atoms with Crippen LogP contribution in [0.4, 0.5) is 5.69 Å². The monoisotopic (exact) mass is 392 g/mol. The first-order valence-electron chi connectivity index (χ1n) is 9.48. The summed E-state index contributed by atoms with van der Waals surface area (Å²) in [7, 11) is 0. The number of carbonyl (C=O) groups excluding carboxylic acids is 1. The van der Waals surface area contributed by atoms with Crippen LogP contribution in [0.5, 0.6) is 0 Å². The predicted molar refractivity (Wildman–Crippen MR) is 118 cm³/mol. The summed E-state index contributed by atoms with van der Waals surface area (Å²) in [6, 6.07) is 27.5. The van der Waals surface area contributed by atoms with E-state index in [0.717, 1.165) is 10.8 Å². The molecular formula is C25H16N2O3. The standard InChI is InChI=1S/C25H16N2O3/c28-23(18-14-13-16-7-1-2-8-17(16)15-18)26-21-11-5-3-9-19(21)24-27-22-12-6-4-10-20(22)25(29)30-24/h1-15H,(H,26,28). The van der Waals surface area contributed by atoms with Crippen LogP contribution in [-0.2, 0) is 0 Å². The van der Waals surface area contributed by atoms with Gasteiger partial charge >= 0.3 is 5.63 Å². The minimum Gasteiger partial charge on any atom is -0.403 e. The fraction of sp³-hybridized carbons (Fsp3) is 0. The molecule has 0 aliphatic carbocycles. The maximum atomic E-state index is 12.9. The summed E-state index contributed by atoms with van der Waals surface area (Å²) >= 11 is 0. The topological polar surface area (TPSA) is 72.2 Å². The molecule has 0 saturated heterocycles. The fourth-order valence-corrected chi connectivity index (χ4v) is 3.44.